The summed E-state index contributed by atoms with van der Waals surface area (Å²) in [6, 6.07) is 7.88. The number of ether oxygens (including phenoxy) is 1. The lowest BCUT2D eigenvalue weighted by Crippen LogP contribution is -2.40. The van der Waals surface area contributed by atoms with E-state index in [1.165, 1.54) is 0 Å². The minimum atomic E-state index is -0.153. The van der Waals surface area contributed by atoms with Crippen LogP contribution in [0.15, 0.2) is 24.3 Å². The molecule has 1 aromatic rings. The van der Waals surface area contributed by atoms with Crippen molar-refractivity contribution in [1.82, 2.24) is 0 Å². The quantitative estimate of drug-likeness (QED) is 0.727. The number of carbonyl (C=O) groups excluding carboxylic acids is 1. The molecule has 0 spiro atoms. The highest BCUT2D eigenvalue weighted by Gasteiger charge is 2.37. The summed E-state index contributed by atoms with van der Waals surface area (Å²) in [6.07, 6.45) is 3.76. The first-order valence-corrected chi connectivity index (χ1v) is 5.98. The van der Waals surface area contributed by atoms with Gasteiger partial charge in [0.15, 0.2) is 0 Å². The number of hydrogen-bond acceptors (Lipinski definition) is 2. The van der Waals surface area contributed by atoms with Crippen LogP contribution in [0.25, 0.3) is 0 Å². The summed E-state index contributed by atoms with van der Waals surface area (Å²) in [5.41, 5.74) is 0.884. The molecule has 0 saturated heterocycles. The van der Waals surface area contributed by atoms with Crippen molar-refractivity contribution < 1.29 is 9.53 Å². The maximum atomic E-state index is 11.2. The van der Waals surface area contributed by atoms with Crippen LogP contribution in [0.2, 0.25) is 0 Å². The molecule has 1 aromatic carbocycles. The van der Waals surface area contributed by atoms with Crippen molar-refractivity contribution in [3.8, 4) is 5.75 Å². The largest absolute Gasteiger partial charge is 0.487 e. The average molecular weight is 218 g/mol. The molecule has 16 heavy (non-hydrogen) atoms. The number of rotatable bonds is 3. The molecule has 2 nitrogen and oxygen atoms in total. The highest BCUT2D eigenvalue weighted by molar-refractivity contribution is 5.65. The van der Waals surface area contributed by atoms with E-state index in [0.29, 0.717) is 0 Å². The molecule has 0 N–H and O–H groups in total. The molecule has 0 amide bonds. The molecule has 1 unspecified atom stereocenters. The van der Waals surface area contributed by atoms with E-state index in [4.69, 9.17) is 4.74 Å². The predicted octanol–water partition coefficient (Wildman–Crippen LogP) is 3.31. The highest BCUT2D eigenvalue weighted by atomic mass is 16.5. The molecule has 2 rings (SSSR count). The van der Waals surface area contributed by atoms with Crippen LogP contribution >= 0.6 is 0 Å². The molecule has 2 heteroatoms. The van der Waals surface area contributed by atoms with Crippen molar-refractivity contribution in [2.75, 3.05) is 0 Å². The van der Waals surface area contributed by atoms with Gasteiger partial charge < -0.3 is 9.53 Å². The van der Waals surface area contributed by atoms with Gasteiger partial charge in [-0.1, -0.05) is 32.0 Å². The first-order chi connectivity index (χ1) is 7.74. The summed E-state index contributed by atoms with van der Waals surface area (Å²) in [7, 11) is 0. The lowest BCUT2D eigenvalue weighted by molar-refractivity contribution is -0.111. The van der Waals surface area contributed by atoms with Gasteiger partial charge in [-0.2, -0.15) is 0 Å². The van der Waals surface area contributed by atoms with Gasteiger partial charge in [-0.25, -0.2) is 0 Å². The Kier molecular flexibility index (Phi) is 2.99. The van der Waals surface area contributed by atoms with E-state index in [1.807, 2.05) is 24.3 Å². The van der Waals surface area contributed by atoms with Gasteiger partial charge in [-0.3, -0.25) is 0 Å². The number of fused-ring (bicyclic) bond motifs is 1. The zero-order chi connectivity index (χ0) is 11.6. The topological polar surface area (TPSA) is 26.3 Å². The molecule has 0 saturated carbocycles. The summed E-state index contributed by atoms with van der Waals surface area (Å²) in [4.78, 5) is 11.2. The van der Waals surface area contributed by atoms with Crippen LogP contribution in [-0.4, -0.2) is 11.9 Å². The van der Waals surface area contributed by atoms with Gasteiger partial charge in [0.25, 0.3) is 0 Å². The van der Waals surface area contributed by atoms with Gasteiger partial charge in [0, 0.05) is 17.9 Å². The molecule has 0 aliphatic carbocycles. The van der Waals surface area contributed by atoms with Crippen LogP contribution in [0.5, 0.6) is 5.75 Å². The van der Waals surface area contributed by atoms with Crippen LogP contribution in [0.3, 0.4) is 0 Å². The Balaban J connectivity index is 2.42. The van der Waals surface area contributed by atoms with E-state index in [9.17, 15) is 4.79 Å². The van der Waals surface area contributed by atoms with Crippen molar-refractivity contribution in [1.29, 1.82) is 0 Å². The summed E-state index contributed by atoms with van der Waals surface area (Å²) in [5, 5.41) is 0. The SMILES string of the molecule is CCC1(CC)CC(C=O)c2ccccc2O1. The van der Waals surface area contributed by atoms with Crippen molar-refractivity contribution in [3.05, 3.63) is 29.8 Å². The molecule has 1 heterocycles. The third kappa shape index (κ3) is 1.73. The van der Waals surface area contributed by atoms with Crippen molar-refractivity contribution in [3.63, 3.8) is 0 Å². The smallest absolute Gasteiger partial charge is 0.127 e. The standard InChI is InChI=1S/C14H18O2/c1-3-14(4-2)9-11(10-15)12-7-5-6-8-13(12)16-14/h5-8,10-11H,3-4,9H2,1-2H3. The second-order valence-electron chi connectivity index (χ2n) is 4.48. The highest BCUT2D eigenvalue weighted by Crippen LogP contribution is 2.42. The lowest BCUT2D eigenvalue weighted by atomic mass is 9.80. The van der Waals surface area contributed by atoms with Gasteiger partial charge in [0.1, 0.15) is 17.6 Å². The number of aldehydes is 1. The Morgan fingerprint density at radius 2 is 2.06 bits per heavy atom. The van der Waals surface area contributed by atoms with Gasteiger partial charge >= 0.3 is 0 Å². The Morgan fingerprint density at radius 1 is 1.38 bits per heavy atom. The Hall–Kier alpha value is -1.31. The third-order valence-corrected chi connectivity index (χ3v) is 3.69. The van der Waals surface area contributed by atoms with E-state index in [-0.39, 0.29) is 11.5 Å². The number of benzene rings is 1. The molecule has 0 fully saturated rings. The van der Waals surface area contributed by atoms with Crippen LogP contribution < -0.4 is 4.74 Å². The molecular formula is C14H18O2. The maximum Gasteiger partial charge on any atom is 0.127 e. The molecule has 0 radical (unpaired) electrons. The first-order valence-electron chi connectivity index (χ1n) is 5.98. The third-order valence-electron chi connectivity index (χ3n) is 3.69. The maximum absolute atomic E-state index is 11.2. The summed E-state index contributed by atoms with van der Waals surface area (Å²) >= 11 is 0. The van der Waals surface area contributed by atoms with Gasteiger partial charge in [0.05, 0.1) is 0 Å². The van der Waals surface area contributed by atoms with Crippen molar-refractivity contribution in [2.45, 2.75) is 44.6 Å². The van der Waals surface area contributed by atoms with Gasteiger partial charge in [0.2, 0.25) is 0 Å². The monoisotopic (exact) mass is 218 g/mol. The molecule has 0 aromatic heterocycles. The predicted molar refractivity (Wildman–Crippen MR) is 63.8 cm³/mol. The number of carbonyl (C=O) groups is 1. The summed E-state index contributed by atoms with van der Waals surface area (Å²) < 4.78 is 6.09. The first kappa shape index (κ1) is 11.2. The molecular weight excluding hydrogens is 200 g/mol. The van der Waals surface area contributed by atoms with Crippen LogP contribution in [-0.2, 0) is 4.79 Å². The second-order valence-corrected chi connectivity index (χ2v) is 4.48. The van der Waals surface area contributed by atoms with E-state index < -0.39 is 0 Å². The molecule has 1 aliphatic heterocycles. The van der Waals surface area contributed by atoms with Crippen LogP contribution in [0.1, 0.15) is 44.6 Å². The van der Waals surface area contributed by atoms with Crippen molar-refractivity contribution >= 4 is 6.29 Å². The lowest BCUT2D eigenvalue weighted by Gasteiger charge is -2.40. The Morgan fingerprint density at radius 3 is 2.69 bits per heavy atom. The molecule has 1 atom stereocenters. The van der Waals surface area contributed by atoms with E-state index in [1.54, 1.807) is 0 Å². The zero-order valence-electron chi connectivity index (χ0n) is 9.90. The fourth-order valence-electron chi connectivity index (χ4n) is 2.47. The fraction of sp³-hybridized carbons (Fsp3) is 0.500. The molecule has 1 aliphatic rings. The number of para-hydroxylation sites is 1. The van der Waals surface area contributed by atoms with E-state index in [2.05, 4.69) is 13.8 Å². The van der Waals surface area contributed by atoms with Gasteiger partial charge in [-0.05, 0) is 18.9 Å². The minimum absolute atomic E-state index is 0.00940. The van der Waals surface area contributed by atoms with E-state index in [0.717, 1.165) is 36.9 Å². The fourth-order valence-corrected chi connectivity index (χ4v) is 2.47. The van der Waals surface area contributed by atoms with Gasteiger partial charge in [-0.15, -0.1) is 0 Å². The number of hydrogen-bond donors (Lipinski definition) is 0. The van der Waals surface area contributed by atoms with Crippen LogP contribution in [0, 0.1) is 0 Å². The van der Waals surface area contributed by atoms with Crippen LogP contribution in [0.4, 0.5) is 0 Å². The molecule has 0 bridgehead atoms. The zero-order valence-corrected chi connectivity index (χ0v) is 9.90. The summed E-state index contributed by atoms with van der Waals surface area (Å²) in [6.45, 7) is 4.25. The minimum Gasteiger partial charge on any atom is -0.487 e. The second kappa shape index (κ2) is 4.28. The summed E-state index contributed by atoms with van der Waals surface area (Å²) in [5.74, 6) is 0.874. The van der Waals surface area contributed by atoms with E-state index >= 15 is 0 Å². The Bertz CT molecular complexity index is 380. The normalized spacial score (nSPS) is 22.0. The molecule has 86 valence electrons. The average Bonchev–Trinajstić information content (AvgIpc) is 2.37. The van der Waals surface area contributed by atoms with Crippen molar-refractivity contribution in [2.24, 2.45) is 0 Å². The Labute approximate surface area is 96.6 Å².